The fourth-order valence-corrected chi connectivity index (χ4v) is 1.78. The molecule has 1 aliphatic heterocycles. The van der Waals surface area contributed by atoms with Gasteiger partial charge in [-0.1, -0.05) is 0 Å². The number of hydrogen-bond acceptors (Lipinski definition) is 3. The molecule has 1 heterocycles. The molecule has 0 radical (unpaired) electrons. The van der Waals surface area contributed by atoms with Crippen LogP contribution in [0.2, 0.25) is 0 Å². The van der Waals surface area contributed by atoms with E-state index in [1.54, 1.807) is 35.9 Å². The predicted octanol–water partition coefficient (Wildman–Crippen LogP) is -0.151. The summed E-state index contributed by atoms with van der Waals surface area (Å²) in [6, 6.07) is 0.00832. The van der Waals surface area contributed by atoms with E-state index in [1.165, 1.54) is 0 Å². The van der Waals surface area contributed by atoms with Crippen molar-refractivity contribution in [3.8, 4) is 0 Å². The van der Waals surface area contributed by atoms with Crippen molar-refractivity contribution >= 4 is 11.9 Å². The van der Waals surface area contributed by atoms with E-state index in [0.717, 1.165) is 0 Å². The molecule has 0 unspecified atom stereocenters. The lowest BCUT2D eigenvalue weighted by Gasteiger charge is -2.36. The van der Waals surface area contributed by atoms with Crippen LogP contribution in [0.5, 0.6) is 0 Å². The molecule has 1 fully saturated rings. The summed E-state index contributed by atoms with van der Waals surface area (Å²) >= 11 is 0. The van der Waals surface area contributed by atoms with Gasteiger partial charge in [-0.25, -0.2) is 4.79 Å². The number of nitrogens with zero attached hydrogens (tertiary/aromatic N) is 3. The fourth-order valence-electron chi connectivity index (χ4n) is 1.78. The summed E-state index contributed by atoms with van der Waals surface area (Å²) in [4.78, 5) is 28.5. The Bertz CT molecular complexity index is 273. The summed E-state index contributed by atoms with van der Waals surface area (Å²) < 4.78 is 4.88. The van der Waals surface area contributed by atoms with Crippen LogP contribution >= 0.6 is 0 Å². The Hall–Kier alpha value is -1.30. The van der Waals surface area contributed by atoms with Crippen LogP contribution in [0, 0.1) is 0 Å². The van der Waals surface area contributed by atoms with Crippen molar-refractivity contribution in [1.29, 1.82) is 0 Å². The van der Waals surface area contributed by atoms with E-state index < -0.39 is 0 Å². The first kappa shape index (κ1) is 13.8. The molecular weight excluding hydrogens is 222 g/mol. The first-order chi connectivity index (χ1) is 8.06. The molecule has 17 heavy (non-hydrogen) atoms. The third-order valence-electron chi connectivity index (χ3n) is 2.81. The molecule has 1 saturated heterocycles. The topological polar surface area (TPSA) is 53.1 Å². The zero-order chi connectivity index (χ0) is 12.8. The lowest BCUT2D eigenvalue weighted by Crippen LogP contribution is -2.53. The Morgan fingerprint density at radius 2 is 1.65 bits per heavy atom. The lowest BCUT2D eigenvalue weighted by atomic mass is 10.3. The van der Waals surface area contributed by atoms with E-state index in [0.29, 0.717) is 39.2 Å². The Balaban J connectivity index is 2.35. The molecule has 1 aliphatic rings. The first-order valence-electron chi connectivity index (χ1n) is 5.79. The maximum atomic E-state index is 11.7. The molecule has 1 rings (SSSR count). The van der Waals surface area contributed by atoms with Gasteiger partial charge in [0, 0.05) is 47.4 Å². The Kier molecular flexibility index (Phi) is 5.21. The van der Waals surface area contributed by atoms with Crippen LogP contribution in [-0.2, 0) is 9.53 Å². The highest BCUT2D eigenvalue weighted by molar-refractivity contribution is 5.77. The quantitative estimate of drug-likeness (QED) is 0.692. The van der Waals surface area contributed by atoms with Crippen molar-refractivity contribution in [3.05, 3.63) is 0 Å². The number of amides is 3. The van der Waals surface area contributed by atoms with Crippen LogP contribution in [0.4, 0.5) is 4.79 Å². The molecule has 0 aromatic rings. The normalized spacial score (nSPS) is 15.9. The van der Waals surface area contributed by atoms with Crippen LogP contribution in [0.3, 0.4) is 0 Å². The van der Waals surface area contributed by atoms with Gasteiger partial charge in [-0.15, -0.1) is 0 Å². The molecule has 0 aromatic carbocycles. The van der Waals surface area contributed by atoms with E-state index >= 15 is 0 Å². The van der Waals surface area contributed by atoms with Gasteiger partial charge >= 0.3 is 6.03 Å². The molecule has 6 heteroatoms. The second-order valence-corrected chi connectivity index (χ2v) is 4.29. The number of carbonyl (C=O) groups is 2. The van der Waals surface area contributed by atoms with Crippen molar-refractivity contribution in [1.82, 2.24) is 14.7 Å². The highest BCUT2D eigenvalue weighted by Crippen LogP contribution is 2.05. The van der Waals surface area contributed by atoms with Crippen LogP contribution in [-0.4, -0.2) is 80.6 Å². The summed E-state index contributed by atoms with van der Waals surface area (Å²) in [5.41, 5.74) is 0. The highest BCUT2D eigenvalue weighted by Gasteiger charge is 2.24. The smallest absolute Gasteiger partial charge is 0.319 e. The van der Waals surface area contributed by atoms with E-state index in [2.05, 4.69) is 0 Å². The molecular formula is C11H21N3O3. The molecule has 0 bridgehead atoms. The fraction of sp³-hybridized carbons (Fsp3) is 0.818. The molecule has 0 N–H and O–H groups in total. The molecule has 0 saturated carbocycles. The summed E-state index contributed by atoms with van der Waals surface area (Å²) in [5.74, 6) is 0.101. The summed E-state index contributed by atoms with van der Waals surface area (Å²) in [5, 5.41) is 0. The van der Waals surface area contributed by atoms with Crippen molar-refractivity contribution in [2.45, 2.75) is 6.42 Å². The first-order valence-corrected chi connectivity index (χ1v) is 5.79. The highest BCUT2D eigenvalue weighted by atomic mass is 16.5. The third-order valence-corrected chi connectivity index (χ3v) is 2.81. The summed E-state index contributed by atoms with van der Waals surface area (Å²) in [6.45, 7) is 2.89. The second kappa shape index (κ2) is 6.44. The molecule has 98 valence electrons. The van der Waals surface area contributed by atoms with Gasteiger partial charge in [0.15, 0.2) is 0 Å². The van der Waals surface area contributed by atoms with Crippen LogP contribution in [0.1, 0.15) is 6.42 Å². The Morgan fingerprint density at radius 1 is 1.12 bits per heavy atom. The van der Waals surface area contributed by atoms with Gasteiger partial charge in [-0.05, 0) is 0 Å². The largest absolute Gasteiger partial charge is 0.384 e. The zero-order valence-electron chi connectivity index (χ0n) is 10.8. The Morgan fingerprint density at radius 3 is 2.12 bits per heavy atom. The van der Waals surface area contributed by atoms with Gasteiger partial charge in [0.2, 0.25) is 5.91 Å². The average Bonchev–Trinajstić information content (AvgIpc) is 2.35. The van der Waals surface area contributed by atoms with Crippen molar-refractivity contribution < 1.29 is 14.3 Å². The van der Waals surface area contributed by atoms with E-state index in [4.69, 9.17) is 4.74 Å². The maximum Gasteiger partial charge on any atom is 0.319 e. The van der Waals surface area contributed by atoms with Gasteiger partial charge in [-0.2, -0.15) is 0 Å². The average molecular weight is 243 g/mol. The molecule has 0 atom stereocenters. The Labute approximate surface area is 102 Å². The minimum absolute atomic E-state index is 0.00832. The molecule has 0 spiro atoms. The number of hydrogen-bond donors (Lipinski definition) is 0. The van der Waals surface area contributed by atoms with Gasteiger partial charge < -0.3 is 19.4 Å². The van der Waals surface area contributed by atoms with Crippen LogP contribution in [0.15, 0.2) is 0 Å². The van der Waals surface area contributed by atoms with Crippen molar-refractivity contribution in [2.24, 2.45) is 0 Å². The minimum atomic E-state index is 0.00832. The van der Waals surface area contributed by atoms with Gasteiger partial charge in [0.05, 0.1) is 13.0 Å². The van der Waals surface area contributed by atoms with Gasteiger partial charge in [0.1, 0.15) is 0 Å². The maximum absolute atomic E-state index is 11.7. The molecule has 0 aromatic heterocycles. The van der Waals surface area contributed by atoms with Crippen LogP contribution < -0.4 is 0 Å². The zero-order valence-corrected chi connectivity index (χ0v) is 10.8. The number of methoxy groups -OCH3 is 1. The number of piperazine rings is 1. The minimum Gasteiger partial charge on any atom is -0.384 e. The standard InChI is InChI=1S/C11H21N3O3/c1-12(2)11(16)14-7-5-13(6-8-14)10(15)4-9-17-3/h4-9H2,1-3H3. The van der Waals surface area contributed by atoms with E-state index in [-0.39, 0.29) is 11.9 Å². The predicted molar refractivity (Wildman–Crippen MR) is 63.7 cm³/mol. The van der Waals surface area contributed by atoms with Crippen LogP contribution in [0.25, 0.3) is 0 Å². The number of carbonyl (C=O) groups excluding carboxylic acids is 2. The monoisotopic (exact) mass is 243 g/mol. The van der Waals surface area contributed by atoms with E-state index in [9.17, 15) is 9.59 Å². The second-order valence-electron chi connectivity index (χ2n) is 4.29. The van der Waals surface area contributed by atoms with Crippen molar-refractivity contribution in [3.63, 3.8) is 0 Å². The lowest BCUT2D eigenvalue weighted by molar-refractivity contribution is -0.133. The summed E-state index contributed by atoms with van der Waals surface area (Å²) in [7, 11) is 5.05. The number of urea groups is 1. The molecule has 0 aliphatic carbocycles. The van der Waals surface area contributed by atoms with Crippen molar-refractivity contribution in [2.75, 3.05) is 54.0 Å². The van der Waals surface area contributed by atoms with Gasteiger partial charge in [-0.3, -0.25) is 4.79 Å². The van der Waals surface area contributed by atoms with E-state index in [1.807, 2.05) is 0 Å². The SMILES string of the molecule is COCCC(=O)N1CCN(C(=O)N(C)C)CC1. The summed E-state index contributed by atoms with van der Waals surface area (Å²) in [6.07, 6.45) is 0.415. The molecule has 3 amide bonds. The number of ether oxygens (including phenoxy) is 1. The number of rotatable bonds is 3. The third kappa shape index (κ3) is 3.89. The van der Waals surface area contributed by atoms with Gasteiger partial charge in [0.25, 0.3) is 0 Å². The molecule has 6 nitrogen and oxygen atoms in total.